The summed E-state index contributed by atoms with van der Waals surface area (Å²) in [5, 5.41) is 1.94. The second-order valence-corrected chi connectivity index (χ2v) is 8.65. The molecule has 8 heteroatoms. The van der Waals surface area contributed by atoms with Crippen LogP contribution in [0.5, 0.6) is 0 Å². The van der Waals surface area contributed by atoms with E-state index >= 15 is 0 Å². The molecular weight excluding hydrogens is 449 g/mol. The highest BCUT2D eigenvalue weighted by Gasteiger charge is 2.30. The first-order chi connectivity index (χ1) is 15.8. The van der Waals surface area contributed by atoms with Crippen molar-refractivity contribution < 1.29 is 22.8 Å². The molecule has 0 aliphatic rings. The molecular formula is C25H25F3N2O2S. The summed E-state index contributed by atoms with van der Waals surface area (Å²) in [6.07, 6.45) is -3.86. The molecule has 1 heterocycles. The maximum Gasteiger partial charge on any atom is 0.416 e. The molecule has 1 aromatic heterocycles. The molecule has 3 aromatic rings. The summed E-state index contributed by atoms with van der Waals surface area (Å²) in [4.78, 5) is 30.4. The summed E-state index contributed by atoms with van der Waals surface area (Å²) < 4.78 is 38.6. The predicted molar refractivity (Wildman–Crippen MR) is 123 cm³/mol. The molecule has 0 unspecified atom stereocenters. The normalized spacial score (nSPS) is 11.3. The van der Waals surface area contributed by atoms with E-state index in [1.165, 1.54) is 4.90 Å². The quantitative estimate of drug-likeness (QED) is 0.391. The van der Waals surface area contributed by atoms with Crippen LogP contribution < -0.4 is 0 Å². The van der Waals surface area contributed by atoms with E-state index in [9.17, 15) is 22.8 Å². The number of thiophene rings is 1. The Hall–Kier alpha value is -3.13. The lowest BCUT2D eigenvalue weighted by Crippen LogP contribution is -2.42. The molecule has 0 spiro atoms. The molecule has 174 valence electrons. The standard InChI is InChI=1S/C25H25F3N2O2S/c1-2-14-29(24(32)20-10-12-21(13-11-20)25(26,27)28)18-23(31)30(17-22-9-6-15-33-22)16-19-7-4-3-5-8-19/h3-13,15H,2,14,16-18H2,1H3. The van der Waals surface area contributed by atoms with Crippen molar-refractivity contribution in [2.45, 2.75) is 32.6 Å². The Labute approximate surface area is 195 Å². The van der Waals surface area contributed by atoms with Gasteiger partial charge in [0.05, 0.1) is 12.1 Å². The van der Waals surface area contributed by atoms with Crippen LogP contribution in [0.1, 0.15) is 39.7 Å². The van der Waals surface area contributed by atoms with Crippen LogP contribution in [-0.4, -0.2) is 34.7 Å². The monoisotopic (exact) mass is 474 g/mol. The average Bonchev–Trinajstić information content (AvgIpc) is 3.31. The first-order valence-corrected chi connectivity index (χ1v) is 11.5. The zero-order chi connectivity index (χ0) is 23.8. The van der Waals surface area contributed by atoms with Crippen LogP contribution in [0, 0.1) is 0 Å². The van der Waals surface area contributed by atoms with E-state index in [0.29, 0.717) is 26.1 Å². The number of benzene rings is 2. The van der Waals surface area contributed by atoms with E-state index in [4.69, 9.17) is 0 Å². The second kappa shape index (κ2) is 11.1. The van der Waals surface area contributed by atoms with Crippen molar-refractivity contribution in [3.63, 3.8) is 0 Å². The van der Waals surface area contributed by atoms with E-state index in [1.54, 1.807) is 16.2 Å². The Balaban J connectivity index is 1.77. The fraction of sp³-hybridized carbons (Fsp3) is 0.280. The summed E-state index contributed by atoms with van der Waals surface area (Å²) in [7, 11) is 0. The molecule has 0 bridgehead atoms. The third-order valence-corrected chi connectivity index (χ3v) is 5.92. The molecule has 4 nitrogen and oxygen atoms in total. The van der Waals surface area contributed by atoms with E-state index in [2.05, 4.69) is 0 Å². The van der Waals surface area contributed by atoms with Crippen molar-refractivity contribution in [2.75, 3.05) is 13.1 Å². The molecule has 0 aliphatic heterocycles. The molecule has 0 saturated carbocycles. The van der Waals surface area contributed by atoms with Gasteiger partial charge in [0.15, 0.2) is 0 Å². The fourth-order valence-electron chi connectivity index (χ4n) is 3.40. The molecule has 0 radical (unpaired) electrons. The molecule has 33 heavy (non-hydrogen) atoms. The van der Waals surface area contributed by atoms with Crippen LogP contribution in [0.25, 0.3) is 0 Å². The van der Waals surface area contributed by atoms with Gasteiger partial charge in [-0.05, 0) is 47.7 Å². The van der Waals surface area contributed by atoms with Gasteiger partial charge in [-0.15, -0.1) is 11.3 Å². The number of alkyl halides is 3. The minimum Gasteiger partial charge on any atom is -0.332 e. The van der Waals surface area contributed by atoms with E-state index in [1.807, 2.05) is 54.8 Å². The van der Waals surface area contributed by atoms with Crippen LogP contribution in [0.15, 0.2) is 72.1 Å². The number of hydrogen-bond donors (Lipinski definition) is 0. The SMILES string of the molecule is CCCN(CC(=O)N(Cc1ccccc1)Cc1cccs1)C(=O)c1ccc(C(F)(F)F)cc1. The van der Waals surface area contributed by atoms with Gasteiger partial charge < -0.3 is 9.80 Å². The van der Waals surface area contributed by atoms with Gasteiger partial charge in [-0.1, -0.05) is 43.3 Å². The number of carbonyl (C=O) groups excluding carboxylic acids is 2. The second-order valence-electron chi connectivity index (χ2n) is 7.62. The van der Waals surface area contributed by atoms with Crippen LogP contribution in [-0.2, 0) is 24.1 Å². The molecule has 2 amide bonds. The zero-order valence-corrected chi connectivity index (χ0v) is 19.0. The van der Waals surface area contributed by atoms with Crippen molar-refractivity contribution in [3.8, 4) is 0 Å². The third-order valence-electron chi connectivity index (χ3n) is 5.06. The fourth-order valence-corrected chi connectivity index (χ4v) is 4.12. The van der Waals surface area contributed by atoms with Gasteiger partial charge in [0.25, 0.3) is 5.91 Å². The molecule has 2 aromatic carbocycles. The number of hydrogen-bond acceptors (Lipinski definition) is 3. The minimum atomic E-state index is -4.47. The van der Waals surface area contributed by atoms with Crippen molar-refractivity contribution in [2.24, 2.45) is 0 Å². The van der Waals surface area contributed by atoms with Gasteiger partial charge in [0, 0.05) is 23.5 Å². The highest BCUT2D eigenvalue weighted by Crippen LogP contribution is 2.29. The topological polar surface area (TPSA) is 40.6 Å². The van der Waals surface area contributed by atoms with Crippen molar-refractivity contribution in [3.05, 3.63) is 93.7 Å². The summed E-state index contributed by atoms with van der Waals surface area (Å²) in [5.41, 5.74) is 0.276. The van der Waals surface area contributed by atoms with Crippen LogP contribution in [0.2, 0.25) is 0 Å². The number of halogens is 3. The highest BCUT2D eigenvalue weighted by molar-refractivity contribution is 7.09. The first-order valence-electron chi connectivity index (χ1n) is 10.6. The van der Waals surface area contributed by atoms with Crippen LogP contribution in [0.4, 0.5) is 13.2 Å². The number of nitrogens with zero attached hydrogens (tertiary/aromatic N) is 2. The van der Waals surface area contributed by atoms with Crippen LogP contribution >= 0.6 is 11.3 Å². The molecule has 0 saturated heterocycles. The van der Waals surface area contributed by atoms with Gasteiger partial charge >= 0.3 is 6.18 Å². The largest absolute Gasteiger partial charge is 0.416 e. The van der Waals surface area contributed by atoms with Gasteiger partial charge in [0.1, 0.15) is 6.54 Å². The zero-order valence-electron chi connectivity index (χ0n) is 18.2. The van der Waals surface area contributed by atoms with Crippen LogP contribution in [0.3, 0.4) is 0 Å². The Morgan fingerprint density at radius 3 is 2.15 bits per heavy atom. The lowest BCUT2D eigenvalue weighted by molar-refractivity contribution is -0.137. The van der Waals surface area contributed by atoms with E-state index in [0.717, 1.165) is 34.7 Å². The third kappa shape index (κ3) is 6.92. The van der Waals surface area contributed by atoms with Crippen molar-refractivity contribution >= 4 is 23.2 Å². The number of carbonyl (C=O) groups is 2. The number of amides is 2. The average molecular weight is 475 g/mol. The van der Waals surface area contributed by atoms with Crippen molar-refractivity contribution in [1.29, 1.82) is 0 Å². The van der Waals surface area contributed by atoms with E-state index < -0.39 is 17.6 Å². The molecule has 0 atom stereocenters. The Kier molecular flexibility index (Phi) is 8.27. The summed E-state index contributed by atoms with van der Waals surface area (Å²) >= 11 is 1.55. The highest BCUT2D eigenvalue weighted by atomic mass is 32.1. The molecule has 0 fully saturated rings. The maximum atomic E-state index is 13.3. The minimum absolute atomic E-state index is 0.122. The van der Waals surface area contributed by atoms with Gasteiger partial charge in [0.2, 0.25) is 5.91 Å². The maximum absolute atomic E-state index is 13.3. The lowest BCUT2D eigenvalue weighted by atomic mass is 10.1. The van der Waals surface area contributed by atoms with Gasteiger partial charge in [-0.2, -0.15) is 13.2 Å². The first kappa shape index (κ1) is 24.5. The predicted octanol–water partition coefficient (Wildman–Crippen LogP) is 5.85. The smallest absolute Gasteiger partial charge is 0.332 e. The summed E-state index contributed by atoms with van der Waals surface area (Å²) in [6.45, 7) is 2.87. The number of rotatable bonds is 9. The van der Waals surface area contributed by atoms with Crippen molar-refractivity contribution in [1.82, 2.24) is 9.80 Å². The lowest BCUT2D eigenvalue weighted by Gasteiger charge is -2.27. The summed E-state index contributed by atoms with van der Waals surface area (Å²) in [5.74, 6) is -0.685. The van der Waals surface area contributed by atoms with E-state index in [-0.39, 0.29) is 18.0 Å². The summed E-state index contributed by atoms with van der Waals surface area (Å²) in [6, 6.07) is 17.5. The Morgan fingerprint density at radius 2 is 1.58 bits per heavy atom. The van der Waals surface area contributed by atoms with Gasteiger partial charge in [-0.3, -0.25) is 9.59 Å². The Morgan fingerprint density at radius 1 is 0.879 bits per heavy atom. The molecule has 0 aliphatic carbocycles. The van der Waals surface area contributed by atoms with Gasteiger partial charge in [-0.25, -0.2) is 0 Å². The Bertz CT molecular complexity index is 1040. The molecule has 3 rings (SSSR count). The molecule has 0 N–H and O–H groups in total.